The fraction of sp³-hybridized carbons (Fsp3) is 0.176. The fourth-order valence-electron chi connectivity index (χ4n) is 1.68. The van der Waals surface area contributed by atoms with Gasteiger partial charge in [0.15, 0.2) is 0 Å². The lowest BCUT2D eigenvalue weighted by Crippen LogP contribution is -2.06. The van der Waals surface area contributed by atoms with Crippen LogP contribution in [0.3, 0.4) is 0 Å². The fourth-order valence-corrected chi connectivity index (χ4v) is 1.68. The summed E-state index contributed by atoms with van der Waals surface area (Å²) >= 11 is 0. The number of benzene rings is 2. The van der Waals surface area contributed by atoms with Crippen LogP contribution in [0, 0.1) is 11.8 Å². The lowest BCUT2D eigenvalue weighted by Gasteiger charge is -2.10. The van der Waals surface area contributed by atoms with Crippen molar-refractivity contribution in [3.05, 3.63) is 59.7 Å². The predicted octanol–water partition coefficient (Wildman–Crippen LogP) is 3.46. The maximum absolute atomic E-state index is 5.73. The molecule has 2 aromatic rings. The minimum absolute atomic E-state index is 0.135. The van der Waals surface area contributed by atoms with E-state index < -0.39 is 0 Å². The summed E-state index contributed by atoms with van der Waals surface area (Å²) < 4.78 is 5.73. The highest BCUT2D eigenvalue weighted by Gasteiger charge is 2.01. The van der Waals surface area contributed by atoms with E-state index in [-0.39, 0.29) is 6.10 Å². The second kappa shape index (κ2) is 5.97. The SMILES string of the molecule is CC(C)Oc1ccccc1C#Cc1cccc(N)c1. The Hall–Kier alpha value is -2.40. The molecule has 19 heavy (non-hydrogen) atoms. The number of nitrogen functional groups attached to an aromatic ring is 1. The van der Waals surface area contributed by atoms with Gasteiger partial charge in [0.1, 0.15) is 5.75 Å². The summed E-state index contributed by atoms with van der Waals surface area (Å²) in [7, 11) is 0. The minimum Gasteiger partial charge on any atom is -0.490 e. The zero-order valence-corrected chi connectivity index (χ0v) is 11.2. The van der Waals surface area contributed by atoms with Crippen LogP contribution >= 0.6 is 0 Å². The summed E-state index contributed by atoms with van der Waals surface area (Å²) in [5.74, 6) is 7.05. The van der Waals surface area contributed by atoms with E-state index in [2.05, 4.69) is 11.8 Å². The molecule has 0 atom stereocenters. The summed E-state index contributed by atoms with van der Waals surface area (Å²) in [6, 6.07) is 15.3. The summed E-state index contributed by atoms with van der Waals surface area (Å²) in [5.41, 5.74) is 8.24. The number of anilines is 1. The quantitative estimate of drug-likeness (QED) is 0.655. The molecule has 0 spiro atoms. The monoisotopic (exact) mass is 251 g/mol. The summed E-state index contributed by atoms with van der Waals surface area (Å²) in [6.45, 7) is 4.00. The maximum atomic E-state index is 5.73. The molecule has 0 heterocycles. The van der Waals surface area contributed by atoms with Crippen LogP contribution in [0.25, 0.3) is 0 Å². The average Bonchev–Trinajstić information content (AvgIpc) is 2.37. The molecule has 0 unspecified atom stereocenters. The van der Waals surface area contributed by atoms with Crippen molar-refractivity contribution in [2.45, 2.75) is 20.0 Å². The first kappa shape index (κ1) is 13.0. The molecule has 0 bridgehead atoms. The molecule has 0 aliphatic heterocycles. The van der Waals surface area contributed by atoms with Crippen LogP contribution in [0.4, 0.5) is 5.69 Å². The van der Waals surface area contributed by atoms with Crippen LogP contribution in [0.5, 0.6) is 5.75 Å². The summed E-state index contributed by atoms with van der Waals surface area (Å²) in [4.78, 5) is 0. The third kappa shape index (κ3) is 3.79. The molecule has 0 radical (unpaired) electrons. The zero-order valence-electron chi connectivity index (χ0n) is 11.2. The first-order chi connectivity index (χ1) is 9.15. The molecule has 2 aromatic carbocycles. The molecule has 2 nitrogen and oxygen atoms in total. The van der Waals surface area contributed by atoms with Gasteiger partial charge < -0.3 is 10.5 Å². The van der Waals surface area contributed by atoms with E-state index >= 15 is 0 Å². The van der Waals surface area contributed by atoms with Gasteiger partial charge in [0, 0.05) is 11.3 Å². The second-order valence-corrected chi connectivity index (χ2v) is 4.54. The first-order valence-electron chi connectivity index (χ1n) is 6.28. The Labute approximate surface area is 114 Å². The number of hydrogen-bond donors (Lipinski definition) is 1. The lowest BCUT2D eigenvalue weighted by atomic mass is 10.1. The van der Waals surface area contributed by atoms with Crippen LogP contribution in [0.1, 0.15) is 25.0 Å². The molecule has 2 heteroatoms. The van der Waals surface area contributed by atoms with E-state index in [1.165, 1.54) is 0 Å². The van der Waals surface area contributed by atoms with Gasteiger partial charge in [0.25, 0.3) is 0 Å². The van der Waals surface area contributed by atoms with Gasteiger partial charge in [-0.3, -0.25) is 0 Å². The topological polar surface area (TPSA) is 35.2 Å². The molecule has 2 N–H and O–H groups in total. The van der Waals surface area contributed by atoms with Gasteiger partial charge in [-0.1, -0.05) is 30.0 Å². The van der Waals surface area contributed by atoms with Gasteiger partial charge in [0.05, 0.1) is 11.7 Å². The standard InChI is InChI=1S/C17H17NO/c1-13(2)19-17-9-4-3-7-15(17)11-10-14-6-5-8-16(18)12-14/h3-9,12-13H,18H2,1-2H3. The largest absolute Gasteiger partial charge is 0.490 e. The van der Waals surface area contributed by atoms with E-state index in [1.807, 2.05) is 62.4 Å². The van der Waals surface area contributed by atoms with Crippen molar-refractivity contribution in [1.82, 2.24) is 0 Å². The van der Waals surface area contributed by atoms with Gasteiger partial charge in [0.2, 0.25) is 0 Å². The third-order valence-corrected chi connectivity index (χ3v) is 2.48. The highest BCUT2D eigenvalue weighted by Crippen LogP contribution is 2.18. The van der Waals surface area contributed by atoms with Crippen molar-refractivity contribution in [1.29, 1.82) is 0 Å². The highest BCUT2D eigenvalue weighted by atomic mass is 16.5. The van der Waals surface area contributed by atoms with E-state index in [9.17, 15) is 0 Å². The third-order valence-electron chi connectivity index (χ3n) is 2.48. The smallest absolute Gasteiger partial charge is 0.135 e. The Morgan fingerprint density at radius 1 is 1.00 bits per heavy atom. The zero-order chi connectivity index (χ0) is 13.7. The first-order valence-corrected chi connectivity index (χ1v) is 6.28. The van der Waals surface area contributed by atoms with Crippen LogP contribution in [-0.4, -0.2) is 6.10 Å². The van der Waals surface area contributed by atoms with Gasteiger partial charge >= 0.3 is 0 Å². The van der Waals surface area contributed by atoms with Gasteiger partial charge in [-0.2, -0.15) is 0 Å². The molecule has 0 amide bonds. The number of rotatable bonds is 2. The van der Waals surface area contributed by atoms with Crippen molar-refractivity contribution in [3.63, 3.8) is 0 Å². The molecule has 2 rings (SSSR count). The Kier molecular flexibility index (Phi) is 4.10. The Morgan fingerprint density at radius 3 is 2.53 bits per heavy atom. The van der Waals surface area contributed by atoms with Gasteiger partial charge in [-0.05, 0) is 44.2 Å². The molecule has 0 aliphatic rings. The van der Waals surface area contributed by atoms with Crippen molar-refractivity contribution in [2.24, 2.45) is 0 Å². The normalized spacial score (nSPS) is 9.84. The van der Waals surface area contributed by atoms with Gasteiger partial charge in [-0.15, -0.1) is 0 Å². The number of para-hydroxylation sites is 1. The molecule has 0 saturated carbocycles. The van der Waals surface area contributed by atoms with Crippen molar-refractivity contribution in [2.75, 3.05) is 5.73 Å². The van der Waals surface area contributed by atoms with E-state index in [0.717, 1.165) is 22.6 Å². The van der Waals surface area contributed by atoms with Crippen LogP contribution < -0.4 is 10.5 Å². The predicted molar refractivity (Wildman–Crippen MR) is 79.0 cm³/mol. The van der Waals surface area contributed by atoms with Crippen molar-refractivity contribution >= 4 is 5.69 Å². The van der Waals surface area contributed by atoms with Crippen LogP contribution in [0.15, 0.2) is 48.5 Å². The maximum Gasteiger partial charge on any atom is 0.135 e. The minimum atomic E-state index is 0.135. The van der Waals surface area contributed by atoms with E-state index in [1.54, 1.807) is 0 Å². The summed E-state index contributed by atoms with van der Waals surface area (Å²) in [5, 5.41) is 0. The van der Waals surface area contributed by atoms with Crippen molar-refractivity contribution < 1.29 is 4.74 Å². The molecular formula is C17H17NO. The molecule has 96 valence electrons. The van der Waals surface area contributed by atoms with E-state index in [0.29, 0.717) is 0 Å². The molecule has 0 saturated heterocycles. The highest BCUT2D eigenvalue weighted by molar-refractivity contribution is 5.52. The van der Waals surface area contributed by atoms with Crippen LogP contribution in [0.2, 0.25) is 0 Å². The number of nitrogens with two attached hydrogens (primary N) is 1. The average molecular weight is 251 g/mol. The molecular weight excluding hydrogens is 234 g/mol. The Balaban J connectivity index is 2.29. The number of hydrogen-bond acceptors (Lipinski definition) is 2. The van der Waals surface area contributed by atoms with Crippen molar-refractivity contribution in [3.8, 4) is 17.6 Å². The van der Waals surface area contributed by atoms with Gasteiger partial charge in [-0.25, -0.2) is 0 Å². The van der Waals surface area contributed by atoms with Crippen LogP contribution in [-0.2, 0) is 0 Å². The number of ether oxygens (including phenoxy) is 1. The molecule has 0 fully saturated rings. The molecule has 0 aromatic heterocycles. The Bertz CT molecular complexity index is 620. The second-order valence-electron chi connectivity index (χ2n) is 4.54. The lowest BCUT2D eigenvalue weighted by molar-refractivity contribution is 0.242. The molecule has 0 aliphatic carbocycles. The summed E-state index contributed by atoms with van der Waals surface area (Å²) in [6.07, 6.45) is 0.135. The Morgan fingerprint density at radius 2 is 1.79 bits per heavy atom. The van der Waals surface area contributed by atoms with E-state index in [4.69, 9.17) is 10.5 Å².